The normalized spacial score (nSPS) is 15.4. The molecule has 0 spiro atoms. The van der Waals surface area contributed by atoms with Crippen molar-refractivity contribution < 1.29 is 9.21 Å². The molecule has 1 aliphatic heterocycles. The van der Waals surface area contributed by atoms with Gasteiger partial charge in [-0.2, -0.15) is 0 Å². The monoisotopic (exact) mass is 330 g/mol. The van der Waals surface area contributed by atoms with Crippen LogP contribution in [0.15, 0.2) is 46.9 Å². The Kier molecular flexibility index (Phi) is 4.72. The van der Waals surface area contributed by atoms with Gasteiger partial charge in [-0.1, -0.05) is 17.7 Å². The maximum atomic E-state index is 12.2. The maximum Gasteiger partial charge on any atom is 0.246 e. The van der Waals surface area contributed by atoms with Gasteiger partial charge in [0, 0.05) is 43.0 Å². The largest absolute Gasteiger partial charge is 0.462 e. The Balaban J connectivity index is 1.56. The molecule has 2 aromatic rings. The summed E-state index contributed by atoms with van der Waals surface area (Å²) in [5.41, 5.74) is 1.10. The second-order valence-electron chi connectivity index (χ2n) is 5.57. The van der Waals surface area contributed by atoms with Crippen LogP contribution in [0.3, 0.4) is 0 Å². The number of rotatable bonds is 3. The van der Waals surface area contributed by atoms with Crippen molar-refractivity contribution in [1.82, 2.24) is 4.90 Å². The van der Waals surface area contributed by atoms with E-state index in [4.69, 9.17) is 16.0 Å². The second kappa shape index (κ2) is 6.92. The van der Waals surface area contributed by atoms with Crippen molar-refractivity contribution in [3.63, 3.8) is 0 Å². The molecule has 1 aromatic carbocycles. The Morgan fingerprint density at radius 3 is 2.61 bits per heavy atom. The number of halogens is 1. The highest BCUT2D eigenvalue weighted by Gasteiger charge is 2.19. The van der Waals surface area contributed by atoms with Gasteiger partial charge >= 0.3 is 0 Å². The molecule has 0 saturated carbocycles. The summed E-state index contributed by atoms with van der Waals surface area (Å²) in [6, 6.07) is 11.6. The summed E-state index contributed by atoms with van der Waals surface area (Å²) in [6.07, 6.45) is 3.30. The minimum atomic E-state index is 0.0183. The van der Waals surface area contributed by atoms with Crippen LogP contribution in [0.4, 0.5) is 5.69 Å². The van der Waals surface area contributed by atoms with E-state index in [0.717, 1.165) is 29.6 Å². The van der Waals surface area contributed by atoms with Gasteiger partial charge in [0.15, 0.2) is 0 Å². The molecule has 0 aliphatic carbocycles. The number of aryl methyl sites for hydroxylation is 1. The highest BCUT2D eigenvalue weighted by Crippen LogP contribution is 2.20. The fourth-order valence-electron chi connectivity index (χ4n) is 2.66. The number of benzene rings is 1. The van der Waals surface area contributed by atoms with Crippen LogP contribution in [-0.4, -0.2) is 37.0 Å². The predicted molar refractivity (Wildman–Crippen MR) is 92.7 cm³/mol. The lowest BCUT2D eigenvalue weighted by atomic mass is 10.2. The molecule has 1 saturated heterocycles. The first-order valence-electron chi connectivity index (χ1n) is 7.66. The standard InChI is InChI=1S/C18H19ClN2O2/c1-14-5-6-17(23-14)7-8-18(22)21-11-9-20(10-12-21)16-4-2-3-15(19)13-16/h2-8,13H,9-12H2,1H3. The summed E-state index contributed by atoms with van der Waals surface area (Å²) >= 11 is 6.04. The number of carbonyl (C=O) groups is 1. The Morgan fingerprint density at radius 2 is 1.96 bits per heavy atom. The number of amides is 1. The van der Waals surface area contributed by atoms with Crippen molar-refractivity contribution >= 4 is 29.3 Å². The van der Waals surface area contributed by atoms with Crippen LogP contribution in [0.5, 0.6) is 0 Å². The third kappa shape index (κ3) is 3.96. The SMILES string of the molecule is Cc1ccc(C=CC(=O)N2CCN(c3cccc(Cl)c3)CC2)o1. The minimum Gasteiger partial charge on any atom is -0.462 e. The minimum absolute atomic E-state index is 0.0183. The molecule has 1 aliphatic rings. The third-order valence-corrected chi connectivity index (χ3v) is 4.15. The number of piperazine rings is 1. The Hall–Kier alpha value is -2.20. The maximum absolute atomic E-state index is 12.2. The molecular formula is C18H19ClN2O2. The van der Waals surface area contributed by atoms with E-state index in [1.165, 1.54) is 0 Å². The fraction of sp³-hybridized carbons (Fsp3) is 0.278. The highest BCUT2D eigenvalue weighted by atomic mass is 35.5. The van der Waals surface area contributed by atoms with Crippen molar-refractivity contribution in [1.29, 1.82) is 0 Å². The number of carbonyl (C=O) groups excluding carboxylic acids is 1. The van der Waals surface area contributed by atoms with Gasteiger partial charge < -0.3 is 14.2 Å². The van der Waals surface area contributed by atoms with E-state index in [9.17, 15) is 4.79 Å². The summed E-state index contributed by atoms with van der Waals surface area (Å²) in [5, 5.41) is 0.734. The molecular weight excluding hydrogens is 312 g/mol. The molecule has 0 radical (unpaired) electrons. The first-order valence-corrected chi connectivity index (χ1v) is 8.03. The number of hydrogen-bond acceptors (Lipinski definition) is 3. The van der Waals surface area contributed by atoms with Crippen molar-refractivity contribution in [2.45, 2.75) is 6.92 Å². The zero-order chi connectivity index (χ0) is 16.2. The Labute approximate surface area is 140 Å². The molecule has 120 valence electrons. The van der Waals surface area contributed by atoms with Gasteiger partial charge in [-0.25, -0.2) is 0 Å². The van der Waals surface area contributed by atoms with E-state index < -0.39 is 0 Å². The topological polar surface area (TPSA) is 36.7 Å². The quantitative estimate of drug-likeness (QED) is 0.807. The van der Waals surface area contributed by atoms with E-state index in [1.54, 1.807) is 12.2 Å². The van der Waals surface area contributed by atoms with Crippen LogP contribution in [0.2, 0.25) is 5.02 Å². The molecule has 2 heterocycles. The lowest BCUT2D eigenvalue weighted by Crippen LogP contribution is -2.48. The lowest BCUT2D eigenvalue weighted by molar-refractivity contribution is -0.126. The number of nitrogens with zero attached hydrogens (tertiary/aromatic N) is 2. The van der Waals surface area contributed by atoms with Gasteiger partial charge in [-0.3, -0.25) is 4.79 Å². The molecule has 3 rings (SSSR count). The van der Waals surface area contributed by atoms with Crippen LogP contribution >= 0.6 is 11.6 Å². The highest BCUT2D eigenvalue weighted by molar-refractivity contribution is 6.30. The van der Waals surface area contributed by atoms with Gasteiger partial charge in [-0.15, -0.1) is 0 Å². The first kappa shape index (κ1) is 15.7. The van der Waals surface area contributed by atoms with E-state index >= 15 is 0 Å². The van der Waals surface area contributed by atoms with Gasteiger partial charge in [0.1, 0.15) is 11.5 Å². The lowest BCUT2D eigenvalue weighted by Gasteiger charge is -2.35. The summed E-state index contributed by atoms with van der Waals surface area (Å²) < 4.78 is 5.43. The summed E-state index contributed by atoms with van der Waals surface area (Å²) in [6.45, 7) is 4.90. The zero-order valence-corrected chi connectivity index (χ0v) is 13.8. The average molecular weight is 331 g/mol. The zero-order valence-electron chi connectivity index (χ0n) is 13.0. The summed E-state index contributed by atoms with van der Waals surface area (Å²) in [7, 11) is 0. The third-order valence-electron chi connectivity index (χ3n) is 3.92. The van der Waals surface area contributed by atoms with Crippen molar-refractivity contribution in [2.24, 2.45) is 0 Å². The molecule has 23 heavy (non-hydrogen) atoms. The average Bonchev–Trinajstić information content (AvgIpc) is 2.98. The van der Waals surface area contributed by atoms with E-state index in [-0.39, 0.29) is 5.91 Å². The molecule has 1 fully saturated rings. The molecule has 0 bridgehead atoms. The van der Waals surface area contributed by atoms with Crippen LogP contribution in [-0.2, 0) is 4.79 Å². The number of hydrogen-bond donors (Lipinski definition) is 0. The fourth-order valence-corrected chi connectivity index (χ4v) is 2.84. The Bertz CT molecular complexity index is 715. The second-order valence-corrected chi connectivity index (χ2v) is 6.01. The van der Waals surface area contributed by atoms with Gasteiger partial charge in [0.2, 0.25) is 5.91 Å². The molecule has 0 atom stereocenters. The smallest absolute Gasteiger partial charge is 0.246 e. The molecule has 5 heteroatoms. The van der Waals surface area contributed by atoms with Gasteiger partial charge in [0.25, 0.3) is 0 Å². The summed E-state index contributed by atoms with van der Waals surface area (Å²) in [4.78, 5) is 16.3. The first-order chi connectivity index (χ1) is 11.1. The van der Waals surface area contributed by atoms with Crippen molar-refractivity contribution in [3.8, 4) is 0 Å². The number of anilines is 1. The van der Waals surface area contributed by atoms with Crippen LogP contribution < -0.4 is 4.90 Å². The molecule has 0 unspecified atom stereocenters. The van der Waals surface area contributed by atoms with Gasteiger partial charge in [0.05, 0.1) is 0 Å². The molecule has 4 nitrogen and oxygen atoms in total. The van der Waals surface area contributed by atoms with E-state index in [1.807, 2.05) is 48.2 Å². The van der Waals surface area contributed by atoms with Crippen LogP contribution in [0, 0.1) is 6.92 Å². The summed E-state index contributed by atoms with van der Waals surface area (Å²) in [5.74, 6) is 1.56. The molecule has 1 amide bonds. The van der Waals surface area contributed by atoms with Crippen molar-refractivity contribution in [2.75, 3.05) is 31.1 Å². The predicted octanol–water partition coefficient (Wildman–Crippen LogP) is 3.60. The Morgan fingerprint density at radius 1 is 1.17 bits per heavy atom. The van der Waals surface area contributed by atoms with Crippen LogP contribution in [0.1, 0.15) is 11.5 Å². The van der Waals surface area contributed by atoms with Crippen molar-refractivity contribution in [3.05, 3.63) is 59.0 Å². The van der Waals surface area contributed by atoms with Gasteiger partial charge in [-0.05, 0) is 43.3 Å². The van der Waals surface area contributed by atoms with Crippen LogP contribution in [0.25, 0.3) is 6.08 Å². The van der Waals surface area contributed by atoms with E-state index in [0.29, 0.717) is 18.8 Å². The molecule has 1 aromatic heterocycles. The van der Waals surface area contributed by atoms with E-state index in [2.05, 4.69) is 4.90 Å². The number of furan rings is 1. The molecule has 0 N–H and O–H groups in total.